The Bertz CT molecular complexity index is 690. The fourth-order valence-electron chi connectivity index (χ4n) is 1.87. The Balaban J connectivity index is 2.64. The molecule has 21 heavy (non-hydrogen) atoms. The van der Waals surface area contributed by atoms with Crippen molar-refractivity contribution in [3.05, 3.63) is 58.4 Å². The molecule has 0 radical (unpaired) electrons. The first-order valence-corrected chi connectivity index (χ1v) is 5.97. The Hall–Kier alpha value is -2.08. The van der Waals surface area contributed by atoms with Crippen molar-refractivity contribution in [3.8, 4) is 11.1 Å². The zero-order chi connectivity index (χ0) is 15.8. The van der Waals surface area contributed by atoms with E-state index in [9.17, 15) is 22.4 Å². The van der Waals surface area contributed by atoms with Gasteiger partial charge in [0.15, 0.2) is 0 Å². The topological polar surface area (TPSA) is 37.3 Å². The van der Waals surface area contributed by atoms with Gasteiger partial charge in [-0.25, -0.2) is 9.18 Å². The van der Waals surface area contributed by atoms with E-state index in [0.29, 0.717) is 6.07 Å². The second-order valence-corrected chi connectivity index (χ2v) is 4.66. The van der Waals surface area contributed by atoms with Crippen LogP contribution in [0.3, 0.4) is 0 Å². The van der Waals surface area contributed by atoms with Crippen LogP contribution in [0.4, 0.5) is 17.6 Å². The molecule has 2 aromatic rings. The van der Waals surface area contributed by atoms with Crippen molar-refractivity contribution in [1.82, 2.24) is 0 Å². The summed E-state index contributed by atoms with van der Waals surface area (Å²) in [6, 6.07) is 5.99. The van der Waals surface area contributed by atoms with E-state index in [1.165, 1.54) is 12.1 Å². The molecule has 1 N–H and O–H groups in total. The van der Waals surface area contributed by atoms with Gasteiger partial charge < -0.3 is 5.11 Å². The van der Waals surface area contributed by atoms with Gasteiger partial charge in [-0.05, 0) is 41.5 Å². The van der Waals surface area contributed by atoms with Gasteiger partial charge in [-0.1, -0.05) is 17.7 Å². The minimum atomic E-state index is -4.83. The lowest BCUT2D eigenvalue weighted by Gasteiger charge is -2.12. The third-order valence-electron chi connectivity index (χ3n) is 2.75. The summed E-state index contributed by atoms with van der Waals surface area (Å²) in [7, 11) is 0. The van der Waals surface area contributed by atoms with E-state index in [-0.39, 0.29) is 16.1 Å². The van der Waals surface area contributed by atoms with E-state index in [1.807, 2.05) is 0 Å². The summed E-state index contributed by atoms with van der Waals surface area (Å²) in [5.74, 6) is -2.39. The van der Waals surface area contributed by atoms with Crippen LogP contribution in [0.15, 0.2) is 36.4 Å². The highest BCUT2D eigenvalue weighted by atomic mass is 35.5. The van der Waals surface area contributed by atoms with Crippen molar-refractivity contribution >= 4 is 17.6 Å². The minimum Gasteiger partial charge on any atom is -0.478 e. The third-order valence-corrected chi connectivity index (χ3v) is 2.97. The van der Waals surface area contributed by atoms with Crippen molar-refractivity contribution in [2.75, 3.05) is 0 Å². The maximum absolute atomic E-state index is 13.3. The summed E-state index contributed by atoms with van der Waals surface area (Å²) in [4.78, 5) is 10.8. The summed E-state index contributed by atoms with van der Waals surface area (Å²) < 4.78 is 52.0. The first-order valence-electron chi connectivity index (χ1n) is 5.59. The van der Waals surface area contributed by atoms with Gasteiger partial charge in [0.05, 0.1) is 11.1 Å². The molecule has 0 bridgehead atoms. The lowest BCUT2D eigenvalue weighted by atomic mass is 9.98. The maximum atomic E-state index is 13.3. The molecule has 0 amide bonds. The second kappa shape index (κ2) is 5.37. The van der Waals surface area contributed by atoms with Crippen molar-refractivity contribution in [2.24, 2.45) is 0 Å². The summed E-state index contributed by atoms with van der Waals surface area (Å²) in [6.07, 6.45) is -4.83. The molecule has 0 saturated carbocycles. The Morgan fingerprint density at radius 1 is 1.05 bits per heavy atom. The van der Waals surface area contributed by atoms with E-state index in [1.54, 1.807) is 0 Å². The number of benzene rings is 2. The van der Waals surface area contributed by atoms with Gasteiger partial charge in [-0.2, -0.15) is 13.2 Å². The van der Waals surface area contributed by atoms with Crippen LogP contribution in [0.1, 0.15) is 15.9 Å². The monoisotopic (exact) mass is 318 g/mol. The molecule has 2 nitrogen and oxygen atoms in total. The number of hydrogen-bond acceptors (Lipinski definition) is 1. The number of aromatic carboxylic acids is 1. The summed E-state index contributed by atoms with van der Waals surface area (Å²) >= 11 is 5.66. The van der Waals surface area contributed by atoms with Crippen molar-refractivity contribution < 1.29 is 27.5 Å². The van der Waals surface area contributed by atoms with Crippen LogP contribution in [-0.2, 0) is 6.18 Å². The summed E-state index contributed by atoms with van der Waals surface area (Å²) in [6.45, 7) is 0. The van der Waals surface area contributed by atoms with Gasteiger partial charge in [0.25, 0.3) is 0 Å². The van der Waals surface area contributed by atoms with E-state index >= 15 is 0 Å². The van der Waals surface area contributed by atoms with E-state index in [2.05, 4.69) is 0 Å². The van der Waals surface area contributed by atoms with E-state index in [0.717, 1.165) is 18.2 Å². The maximum Gasteiger partial charge on any atom is 0.417 e. The Morgan fingerprint density at radius 2 is 1.71 bits per heavy atom. The molecule has 0 saturated heterocycles. The molecular formula is C14H7ClF4O2. The molecular weight excluding hydrogens is 312 g/mol. The molecule has 0 aliphatic carbocycles. The Morgan fingerprint density at radius 3 is 2.24 bits per heavy atom. The van der Waals surface area contributed by atoms with Gasteiger partial charge in [-0.3, -0.25) is 0 Å². The predicted octanol–water partition coefficient (Wildman–Crippen LogP) is 4.86. The Labute approximate surface area is 121 Å². The number of alkyl halides is 3. The van der Waals surface area contributed by atoms with Crippen molar-refractivity contribution in [1.29, 1.82) is 0 Å². The fraction of sp³-hybridized carbons (Fsp3) is 0.0714. The predicted molar refractivity (Wildman–Crippen MR) is 68.8 cm³/mol. The first kappa shape index (κ1) is 15.3. The third kappa shape index (κ3) is 3.33. The number of carbonyl (C=O) groups is 1. The molecule has 0 unspecified atom stereocenters. The number of carboxylic acids is 1. The normalized spacial score (nSPS) is 11.5. The SMILES string of the molecule is O=C(O)c1ccc(-c2cc(F)cc(Cl)c2)cc1C(F)(F)F. The van der Waals surface area contributed by atoms with Crippen LogP contribution < -0.4 is 0 Å². The quantitative estimate of drug-likeness (QED) is 0.803. The number of hydrogen-bond donors (Lipinski definition) is 1. The highest BCUT2D eigenvalue weighted by Crippen LogP contribution is 2.35. The molecule has 0 heterocycles. The average Bonchev–Trinajstić information content (AvgIpc) is 2.35. The summed E-state index contributed by atoms with van der Waals surface area (Å²) in [5.41, 5.74) is -2.02. The molecule has 0 fully saturated rings. The molecule has 0 spiro atoms. The van der Waals surface area contributed by atoms with Gasteiger partial charge in [0.2, 0.25) is 0 Å². The standard InChI is InChI=1S/C14H7ClF4O2/c15-9-3-8(4-10(16)6-9)7-1-2-11(13(20)21)12(5-7)14(17,18)19/h1-6H,(H,20,21). The molecule has 0 aromatic heterocycles. The van der Waals surface area contributed by atoms with Gasteiger partial charge in [0.1, 0.15) is 5.82 Å². The lowest BCUT2D eigenvalue weighted by Crippen LogP contribution is -2.13. The van der Waals surface area contributed by atoms with Gasteiger partial charge in [0, 0.05) is 5.02 Å². The zero-order valence-corrected chi connectivity index (χ0v) is 11.0. The van der Waals surface area contributed by atoms with Gasteiger partial charge >= 0.3 is 12.1 Å². The molecule has 2 rings (SSSR count). The van der Waals surface area contributed by atoms with Crippen LogP contribution in [0, 0.1) is 5.82 Å². The van der Waals surface area contributed by atoms with Crippen LogP contribution in [0.5, 0.6) is 0 Å². The first-order chi connectivity index (χ1) is 9.68. The molecule has 110 valence electrons. The van der Waals surface area contributed by atoms with Crippen LogP contribution in [0.25, 0.3) is 11.1 Å². The van der Waals surface area contributed by atoms with Crippen LogP contribution >= 0.6 is 11.6 Å². The molecule has 0 aliphatic rings. The molecule has 0 aliphatic heterocycles. The number of rotatable bonds is 2. The van der Waals surface area contributed by atoms with Crippen LogP contribution in [0.2, 0.25) is 5.02 Å². The highest BCUT2D eigenvalue weighted by molar-refractivity contribution is 6.30. The molecule has 2 aromatic carbocycles. The van der Waals surface area contributed by atoms with E-state index in [4.69, 9.17) is 16.7 Å². The van der Waals surface area contributed by atoms with E-state index < -0.39 is 29.1 Å². The minimum absolute atomic E-state index is 0.0220. The van der Waals surface area contributed by atoms with Crippen molar-refractivity contribution in [3.63, 3.8) is 0 Å². The van der Waals surface area contributed by atoms with Gasteiger partial charge in [-0.15, -0.1) is 0 Å². The number of carboxylic acid groups (broad SMARTS) is 1. The van der Waals surface area contributed by atoms with Crippen LogP contribution in [-0.4, -0.2) is 11.1 Å². The fourth-order valence-corrected chi connectivity index (χ4v) is 2.09. The zero-order valence-electron chi connectivity index (χ0n) is 10.2. The smallest absolute Gasteiger partial charge is 0.417 e. The highest BCUT2D eigenvalue weighted by Gasteiger charge is 2.35. The van der Waals surface area contributed by atoms with Crippen molar-refractivity contribution in [2.45, 2.75) is 6.18 Å². The summed E-state index contributed by atoms with van der Waals surface area (Å²) in [5, 5.41) is 8.83. The average molecular weight is 319 g/mol. The second-order valence-electron chi connectivity index (χ2n) is 4.22. The largest absolute Gasteiger partial charge is 0.478 e. The molecule has 0 atom stereocenters. The number of halogens is 5. The molecule has 7 heteroatoms. The lowest BCUT2D eigenvalue weighted by molar-refractivity contribution is -0.138. The Kier molecular flexibility index (Phi) is 3.91.